The minimum atomic E-state index is -0.323. The second-order valence-electron chi connectivity index (χ2n) is 6.47. The highest BCUT2D eigenvalue weighted by Crippen LogP contribution is 2.29. The minimum absolute atomic E-state index is 0.168. The SMILES string of the molecule is CCCCc1nc(CO)c(Cl)n1Cc1ccc(-c2ccsc2C(=O)OC)cc1. The second kappa shape index (κ2) is 9.37. The molecule has 0 aliphatic heterocycles. The summed E-state index contributed by atoms with van der Waals surface area (Å²) in [5.41, 5.74) is 3.42. The number of benzene rings is 1. The zero-order valence-corrected chi connectivity index (χ0v) is 17.5. The largest absolute Gasteiger partial charge is 0.465 e. The summed E-state index contributed by atoms with van der Waals surface area (Å²) in [6.07, 6.45) is 2.91. The number of esters is 1. The maximum Gasteiger partial charge on any atom is 0.348 e. The van der Waals surface area contributed by atoms with Crippen molar-refractivity contribution in [1.29, 1.82) is 0 Å². The van der Waals surface area contributed by atoms with Gasteiger partial charge in [0.25, 0.3) is 0 Å². The third-order valence-corrected chi connectivity index (χ3v) is 5.91. The zero-order chi connectivity index (χ0) is 20.1. The number of aliphatic hydroxyl groups excluding tert-OH is 1. The van der Waals surface area contributed by atoms with Crippen LogP contribution in [-0.4, -0.2) is 27.7 Å². The number of carbonyl (C=O) groups excluding carboxylic acids is 1. The van der Waals surface area contributed by atoms with E-state index in [1.807, 2.05) is 40.3 Å². The number of rotatable bonds is 8. The second-order valence-corrected chi connectivity index (χ2v) is 7.74. The van der Waals surface area contributed by atoms with Gasteiger partial charge in [-0.2, -0.15) is 0 Å². The van der Waals surface area contributed by atoms with Crippen LogP contribution in [0.25, 0.3) is 11.1 Å². The Kier molecular flexibility index (Phi) is 6.88. The molecule has 0 fully saturated rings. The van der Waals surface area contributed by atoms with Gasteiger partial charge in [-0.1, -0.05) is 49.2 Å². The molecule has 0 spiro atoms. The lowest BCUT2D eigenvalue weighted by Crippen LogP contribution is -2.06. The molecule has 0 aliphatic rings. The smallest absolute Gasteiger partial charge is 0.348 e. The molecule has 2 aromatic heterocycles. The van der Waals surface area contributed by atoms with Crippen molar-refractivity contribution in [3.05, 3.63) is 62.8 Å². The number of aliphatic hydroxyl groups is 1. The van der Waals surface area contributed by atoms with Crippen molar-refractivity contribution in [2.24, 2.45) is 0 Å². The predicted octanol–water partition coefficient (Wildman–Crippen LogP) is 4.93. The number of hydrogen-bond donors (Lipinski definition) is 1. The Balaban J connectivity index is 1.85. The number of methoxy groups -OCH3 is 1. The molecular formula is C21H23ClN2O3S. The molecule has 0 saturated carbocycles. The van der Waals surface area contributed by atoms with Gasteiger partial charge in [-0.25, -0.2) is 9.78 Å². The van der Waals surface area contributed by atoms with E-state index in [0.717, 1.165) is 41.8 Å². The van der Waals surface area contributed by atoms with E-state index in [2.05, 4.69) is 11.9 Å². The Bertz CT molecular complexity index is 947. The van der Waals surface area contributed by atoms with Crippen LogP contribution in [0.1, 0.15) is 46.5 Å². The van der Waals surface area contributed by atoms with E-state index in [9.17, 15) is 9.90 Å². The maximum absolute atomic E-state index is 11.9. The van der Waals surface area contributed by atoms with Crippen molar-refractivity contribution in [2.75, 3.05) is 7.11 Å². The number of aryl methyl sites for hydroxylation is 1. The number of imidazole rings is 1. The summed E-state index contributed by atoms with van der Waals surface area (Å²) < 4.78 is 6.82. The van der Waals surface area contributed by atoms with Crippen LogP contribution in [0, 0.1) is 0 Å². The van der Waals surface area contributed by atoms with Crippen molar-refractivity contribution in [3.63, 3.8) is 0 Å². The monoisotopic (exact) mass is 418 g/mol. The number of nitrogens with zero attached hydrogens (tertiary/aromatic N) is 2. The van der Waals surface area contributed by atoms with E-state index in [-0.39, 0.29) is 12.6 Å². The van der Waals surface area contributed by atoms with Crippen LogP contribution in [0.3, 0.4) is 0 Å². The van der Waals surface area contributed by atoms with Crippen molar-refractivity contribution in [2.45, 2.75) is 39.3 Å². The van der Waals surface area contributed by atoms with Crippen LogP contribution < -0.4 is 0 Å². The van der Waals surface area contributed by atoms with Crippen LogP contribution >= 0.6 is 22.9 Å². The fourth-order valence-electron chi connectivity index (χ4n) is 3.08. The molecule has 1 N–H and O–H groups in total. The zero-order valence-electron chi connectivity index (χ0n) is 15.9. The molecule has 28 heavy (non-hydrogen) atoms. The van der Waals surface area contributed by atoms with E-state index in [1.165, 1.54) is 18.4 Å². The molecule has 1 aromatic carbocycles. The Morgan fingerprint density at radius 1 is 1.29 bits per heavy atom. The first-order valence-corrected chi connectivity index (χ1v) is 10.4. The minimum Gasteiger partial charge on any atom is -0.465 e. The van der Waals surface area contributed by atoms with Gasteiger partial charge < -0.3 is 14.4 Å². The molecule has 7 heteroatoms. The normalized spacial score (nSPS) is 11.0. The van der Waals surface area contributed by atoms with Gasteiger partial charge in [0, 0.05) is 12.0 Å². The summed E-state index contributed by atoms with van der Waals surface area (Å²) in [4.78, 5) is 17.0. The number of hydrogen-bond acceptors (Lipinski definition) is 5. The van der Waals surface area contributed by atoms with E-state index >= 15 is 0 Å². The standard InChI is InChI=1S/C21H23ClN2O3S/c1-3-4-5-18-23-17(13-25)20(22)24(18)12-14-6-8-15(9-7-14)16-10-11-28-19(16)21(26)27-2/h6-11,25H,3-5,12-13H2,1-2H3. The van der Waals surface area contributed by atoms with Crippen molar-refractivity contribution in [1.82, 2.24) is 9.55 Å². The number of thiophene rings is 1. The lowest BCUT2D eigenvalue weighted by Gasteiger charge is -2.10. The topological polar surface area (TPSA) is 64.4 Å². The highest BCUT2D eigenvalue weighted by molar-refractivity contribution is 7.12. The predicted molar refractivity (Wildman–Crippen MR) is 112 cm³/mol. The molecule has 3 aromatic rings. The quantitative estimate of drug-likeness (QED) is 0.526. The summed E-state index contributed by atoms with van der Waals surface area (Å²) >= 11 is 7.81. The Hall–Kier alpha value is -2.15. The Morgan fingerprint density at radius 2 is 2.04 bits per heavy atom. The number of halogens is 1. The van der Waals surface area contributed by atoms with Gasteiger partial charge in [0.2, 0.25) is 0 Å². The molecular weight excluding hydrogens is 396 g/mol. The van der Waals surface area contributed by atoms with Gasteiger partial charge in [0.15, 0.2) is 0 Å². The summed E-state index contributed by atoms with van der Waals surface area (Å²) in [6, 6.07) is 9.95. The van der Waals surface area contributed by atoms with Crippen LogP contribution in [0.15, 0.2) is 35.7 Å². The maximum atomic E-state index is 11.9. The molecule has 0 radical (unpaired) electrons. The first kappa shape index (κ1) is 20.6. The Morgan fingerprint density at radius 3 is 2.68 bits per heavy atom. The van der Waals surface area contributed by atoms with E-state index in [4.69, 9.17) is 16.3 Å². The lowest BCUT2D eigenvalue weighted by atomic mass is 10.0. The van der Waals surface area contributed by atoms with E-state index in [1.54, 1.807) is 0 Å². The van der Waals surface area contributed by atoms with Gasteiger partial charge in [-0.3, -0.25) is 0 Å². The van der Waals surface area contributed by atoms with E-state index in [0.29, 0.717) is 22.3 Å². The number of ether oxygens (including phenoxy) is 1. The molecule has 3 rings (SSSR count). The highest BCUT2D eigenvalue weighted by atomic mass is 35.5. The van der Waals surface area contributed by atoms with Crippen LogP contribution in [0.4, 0.5) is 0 Å². The first-order valence-electron chi connectivity index (χ1n) is 9.18. The molecule has 0 unspecified atom stereocenters. The number of aromatic nitrogens is 2. The number of unbranched alkanes of at least 4 members (excludes halogenated alkanes) is 1. The number of carbonyl (C=O) groups is 1. The third-order valence-electron chi connectivity index (χ3n) is 4.60. The third kappa shape index (κ3) is 4.29. The van der Waals surface area contributed by atoms with Crippen LogP contribution in [0.5, 0.6) is 0 Å². The summed E-state index contributed by atoms with van der Waals surface area (Å²) in [5.74, 6) is 0.571. The molecule has 0 atom stereocenters. The van der Waals surface area contributed by atoms with Crippen molar-refractivity contribution < 1.29 is 14.6 Å². The molecule has 0 bridgehead atoms. The van der Waals surface area contributed by atoms with Crippen molar-refractivity contribution >= 4 is 28.9 Å². The van der Waals surface area contributed by atoms with Gasteiger partial charge in [-0.05, 0) is 29.0 Å². The summed E-state index contributed by atoms with van der Waals surface area (Å²) in [7, 11) is 1.39. The molecule has 2 heterocycles. The summed E-state index contributed by atoms with van der Waals surface area (Å²) in [5, 5.41) is 11.9. The Labute approximate surface area is 173 Å². The molecule has 148 valence electrons. The fraction of sp³-hybridized carbons (Fsp3) is 0.333. The molecule has 5 nitrogen and oxygen atoms in total. The van der Waals surface area contributed by atoms with Gasteiger partial charge in [0.05, 0.1) is 20.3 Å². The van der Waals surface area contributed by atoms with Gasteiger partial charge >= 0.3 is 5.97 Å². The molecule has 0 amide bonds. The summed E-state index contributed by atoms with van der Waals surface area (Å²) in [6.45, 7) is 2.55. The van der Waals surface area contributed by atoms with Gasteiger partial charge in [-0.15, -0.1) is 11.3 Å². The van der Waals surface area contributed by atoms with Crippen molar-refractivity contribution in [3.8, 4) is 11.1 Å². The van der Waals surface area contributed by atoms with E-state index < -0.39 is 0 Å². The molecule has 0 saturated heterocycles. The fourth-order valence-corrected chi connectivity index (χ4v) is 4.17. The average molecular weight is 419 g/mol. The molecule has 0 aliphatic carbocycles. The average Bonchev–Trinajstić information content (AvgIpc) is 3.32. The van der Waals surface area contributed by atoms with Crippen LogP contribution in [-0.2, 0) is 24.3 Å². The van der Waals surface area contributed by atoms with Crippen LogP contribution in [0.2, 0.25) is 5.15 Å². The highest BCUT2D eigenvalue weighted by Gasteiger charge is 2.17. The lowest BCUT2D eigenvalue weighted by molar-refractivity contribution is 0.0607. The van der Waals surface area contributed by atoms with Gasteiger partial charge in [0.1, 0.15) is 21.5 Å². The first-order chi connectivity index (χ1) is 13.6.